The number of nitro groups is 2. The second-order valence-electron chi connectivity index (χ2n) is 36.7. The summed E-state index contributed by atoms with van der Waals surface area (Å²) in [6.45, 7) is 19.9. The maximum absolute atomic E-state index is 14.5. The highest BCUT2D eigenvalue weighted by Crippen LogP contribution is 2.61. The summed E-state index contributed by atoms with van der Waals surface area (Å²) in [6, 6.07) is 33.5. The molecule has 24 rings (SSSR count). The van der Waals surface area contributed by atoms with Crippen LogP contribution in [0, 0.1) is 136 Å². The maximum atomic E-state index is 14.5. The van der Waals surface area contributed by atoms with E-state index in [0.717, 1.165) is 140 Å². The van der Waals surface area contributed by atoms with Crippen molar-refractivity contribution in [3.63, 3.8) is 0 Å². The Balaban J connectivity index is 0.000000116. The number of ketones is 2. The number of carboxylic acid groups (broad SMARTS) is 1. The molecule has 8 saturated heterocycles. The summed E-state index contributed by atoms with van der Waals surface area (Å²) in [5.41, 5.74) is 12.4. The van der Waals surface area contributed by atoms with Gasteiger partial charge in [-0.1, -0.05) is 131 Å². The summed E-state index contributed by atoms with van der Waals surface area (Å²) < 4.78 is 78.0. The number of nitrogens with one attached hydrogen (secondary N) is 5. The summed E-state index contributed by atoms with van der Waals surface area (Å²) in [6.07, 6.45) is 12.1. The average Bonchev–Trinajstić information content (AvgIpc) is 1.55. The van der Waals surface area contributed by atoms with E-state index in [1.165, 1.54) is 79.9 Å². The Morgan fingerprint density at radius 2 is 0.803 bits per heavy atom. The lowest BCUT2D eigenvalue weighted by molar-refractivity contribution is -0.385. The minimum atomic E-state index is -0.981. The van der Waals surface area contributed by atoms with Gasteiger partial charge >= 0.3 is 5.97 Å². The van der Waals surface area contributed by atoms with Gasteiger partial charge in [-0.2, -0.15) is 0 Å². The van der Waals surface area contributed by atoms with Crippen LogP contribution < -0.4 is 32.3 Å². The summed E-state index contributed by atoms with van der Waals surface area (Å²) in [4.78, 5) is 95.6. The third kappa shape index (κ3) is 20.8. The standard InChI is InChI=1S/C28H24ClFN4O2.C24H19ClFN5O3.C24H21ClFN5O.C21H15ClFN5O2.2C3H4O2/c1-2-21(35)8-18-9-22-25(31-16-32-27(22)33-24-5-3-4-23(29)26(24)30)10-17(18)6-7-28-11-19(28)12-34(15-28)20-13-36-14-20;25-18-2-1-3-19(22(18)26)29-23-17-7-21(31(32)33)14(6-20(17)27-13-28-23)4-5-24-8-15(24)9-30(12-24)16-10-34-11-16;25-18-2-1-3-20(22(18)26)30-23-17-7-19(27)14(6-21(17)28-13-29-23)4-5-24-8-15(24)9-31(12-24)16-10-32-11-16;22-15-2-1-3-16(19(15)23)27-20-14-7-18(28(29)30)12(6-17(14)25-11-26-20)4-5-21-8-13(21)9-24-10-21;4-3-1-5-2-3;1-2-3(4)5/h2-5,9-10,16,19-20H,1,8,11-15H2,(H,31,32,33);1-3,6-7,13,15-16H,8-12H2,(H,27,28,29);1-3,6-7,13,15-16H,8-12,27H2,(H,28,29,30);1-3,6-7,11,13,24H,8-10H2,(H,25,26,27);1-2H2;2H,1H2,(H,4,5). The van der Waals surface area contributed by atoms with Crippen molar-refractivity contribution in [3.8, 4) is 47.4 Å². The third-order valence-electron chi connectivity index (χ3n) is 27.5. The van der Waals surface area contributed by atoms with Crippen LogP contribution in [-0.2, 0) is 39.8 Å². The second-order valence-corrected chi connectivity index (χ2v) is 38.3. The van der Waals surface area contributed by atoms with E-state index in [1.54, 1.807) is 54.6 Å². The van der Waals surface area contributed by atoms with Crippen LogP contribution in [0.15, 0.2) is 172 Å². The highest BCUT2D eigenvalue weighted by molar-refractivity contribution is 6.32. The van der Waals surface area contributed by atoms with E-state index in [9.17, 15) is 52.2 Å². The molecule has 8 N–H and O–H groups in total. The molecule has 8 atom stereocenters. The number of nitrogens with zero attached hydrogens (tertiary/aromatic N) is 13. The van der Waals surface area contributed by atoms with E-state index in [1.807, 2.05) is 18.2 Å². The lowest BCUT2D eigenvalue weighted by Gasteiger charge is -2.35. The first kappa shape index (κ1) is 96.9. The predicted molar refractivity (Wildman–Crippen MR) is 528 cm³/mol. The largest absolute Gasteiger partial charge is 0.478 e. The molecule has 8 aromatic carbocycles. The van der Waals surface area contributed by atoms with Crippen molar-refractivity contribution in [1.29, 1.82) is 0 Å². The molecule has 722 valence electrons. The van der Waals surface area contributed by atoms with Crippen LogP contribution in [0.25, 0.3) is 43.6 Å². The number of likely N-dealkylation sites (tertiary alicyclic amines) is 3. The first-order valence-corrected chi connectivity index (χ1v) is 47.0. The predicted octanol–water partition coefficient (Wildman–Crippen LogP) is 16.4. The highest BCUT2D eigenvalue weighted by atomic mass is 35.5. The lowest BCUT2D eigenvalue weighted by Crippen LogP contribution is -2.49. The number of aliphatic carboxylic acids is 1. The SMILES string of the molecule is C=CC(=O)Cc1cc2c(Nc3cccc(Cl)c3F)ncnc2cc1C#CC12CC1CN(C1COC1)C2.C=CC(=O)O.Nc1cc2c(Nc3cccc(Cl)c3F)ncnc2cc1C#CC12CC1CN(C1COC1)C2.O=C1COC1.O=[N+]([O-])c1cc2c(Nc3cccc(Cl)c3F)ncnc2cc1C#CC12CC1CN(C1COC1)C2.O=[N+]([O-])c1cc2c(Nc3cccc(Cl)c3F)ncnc2cc1C#CC12CNCC1C2. The van der Waals surface area contributed by atoms with Gasteiger partial charge in [0.15, 0.2) is 34.8 Å². The Morgan fingerprint density at radius 3 is 1.11 bits per heavy atom. The molecule has 8 unspecified atom stereocenters. The number of nitrogens with two attached hydrogens (primary N) is 1. The summed E-state index contributed by atoms with van der Waals surface area (Å²) in [5.74, 6) is 26.8. The molecule has 0 bridgehead atoms. The number of allylic oxidation sites excluding steroid dienone is 1. The van der Waals surface area contributed by atoms with Crippen LogP contribution in [-0.4, -0.2) is 210 Å². The fourth-order valence-corrected chi connectivity index (χ4v) is 19.4. The summed E-state index contributed by atoms with van der Waals surface area (Å²) >= 11 is 23.5. The number of hydrogen-bond donors (Lipinski definition) is 7. The first-order valence-electron chi connectivity index (χ1n) is 45.5. The van der Waals surface area contributed by atoms with E-state index in [2.05, 4.69) is 146 Å². The van der Waals surface area contributed by atoms with E-state index >= 15 is 0 Å². The molecule has 12 heterocycles. The zero-order valence-electron chi connectivity index (χ0n) is 75.7. The van der Waals surface area contributed by atoms with Crippen molar-refractivity contribution in [3.05, 3.63) is 263 Å². The topological polar surface area (TPSA) is 394 Å². The Kier molecular flexibility index (Phi) is 27.7. The monoisotopic (exact) mass is 2000 g/mol. The van der Waals surface area contributed by atoms with Gasteiger partial charge in [-0.15, -0.1) is 0 Å². The fraction of sp³-hybridized carbons (Fsp3) is 0.311. The molecule has 4 aliphatic carbocycles. The van der Waals surface area contributed by atoms with Crippen molar-refractivity contribution in [2.24, 2.45) is 45.3 Å². The molecular weight excluding hydrogens is 1910 g/mol. The Hall–Kier alpha value is -14.0. The fourth-order valence-electron chi connectivity index (χ4n) is 18.7. The molecule has 12 aromatic rings. The van der Waals surface area contributed by atoms with Crippen LogP contribution in [0.4, 0.5) is 80.6 Å². The quantitative estimate of drug-likeness (QED) is 0.0111. The second kappa shape index (κ2) is 40.6. The Labute approximate surface area is 829 Å². The minimum Gasteiger partial charge on any atom is -0.478 e. The molecule has 12 aliphatic rings. The van der Waals surface area contributed by atoms with Gasteiger partial charge in [-0.05, 0) is 152 Å². The molecule has 0 radical (unpaired) electrons. The molecule has 0 amide bonds. The van der Waals surface area contributed by atoms with E-state index in [4.69, 9.17) is 71.5 Å². The molecule has 8 aliphatic heterocycles. The van der Waals surface area contributed by atoms with Gasteiger partial charge in [0, 0.05) is 130 Å². The molecule has 39 heteroatoms. The van der Waals surface area contributed by atoms with Gasteiger partial charge in [0.05, 0.1) is 133 Å². The molecule has 31 nitrogen and oxygen atoms in total. The van der Waals surface area contributed by atoms with Crippen LogP contribution in [0.3, 0.4) is 0 Å². The lowest BCUT2D eigenvalue weighted by atomic mass is 9.98. The third-order valence-corrected chi connectivity index (χ3v) is 28.6. The number of carboxylic acids is 1. The number of rotatable bonds is 17. The normalized spacial score (nSPS) is 22.5. The molecule has 4 aromatic heterocycles. The Morgan fingerprint density at radius 1 is 0.479 bits per heavy atom. The number of piperidine rings is 4. The van der Waals surface area contributed by atoms with Crippen LogP contribution >= 0.6 is 46.4 Å². The molecule has 142 heavy (non-hydrogen) atoms. The van der Waals surface area contributed by atoms with Crippen molar-refractivity contribution in [1.82, 2.24) is 59.9 Å². The van der Waals surface area contributed by atoms with Crippen LogP contribution in [0.2, 0.25) is 20.1 Å². The van der Waals surface area contributed by atoms with Crippen molar-refractivity contribution in [2.75, 3.05) is 132 Å². The minimum absolute atomic E-state index is 0.0151. The number of hydrogen-bond acceptors (Lipinski definition) is 28. The zero-order valence-corrected chi connectivity index (χ0v) is 78.7. The van der Waals surface area contributed by atoms with Crippen molar-refractivity contribution < 1.29 is 65.8 Å². The van der Waals surface area contributed by atoms with Gasteiger partial charge in [0.2, 0.25) is 0 Å². The molecule has 0 spiro atoms. The van der Waals surface area contributed by atoms with Crippen LogP contribution in [0.5, 0.6) is 0 Å². The van der Waals surface area contributed by atoms with Crippen molar-refractivity contribution >= 4 is 171 Å². The van der Waals surface area contributed by atoms with Crippen molar-refractivity contribution in [2.45, 2.75) is 50.2 Å². The number of aromatic nitrogens is 8. The van der Waals surface area contributed by atoms with E-state index in [0.29, 0.717) is 127 Å². The number of nitro benzene ring substituents is 2. The molecule has 4 saturated carbocycles. The van der Waals surface area contributed by atoms with Crippen LogP contribution in [0.1, 0.15) is 53.5 Å². The number of anilines is 9. The number of fused-ring (bicyclic) bond motifs is 8. The number of halogens is 8. The molecular formula is C103H87Cl4F4N19O12. The van der Waals surface area contributed by atoms with Gasteiger partial charge in [-0.25, -0.2) is 62.2 Å². The number of Topliss-reactive ketones (excluding diaryl/α,β-unsaturated/α-hetero) is 1. The highest BCUT2D eigenvalue weighted by Gasteiger charge is 2.63. The summed E-state index contributed by atoms with van der Waals surface area (Å²) in [7, 11) is 0. The summed E-state index contributed by atoms with van der Waals surface area (Å²) in [5, 5.41) is 48.3. The van der Waals surface area contributed by atoms with E-state index in [-0.39, 0.29) is 105 Å². The number of nitrogen functional groups attached to an aromatic ring is 1. The van der Waals surface area contributed by atoms with Gasteiger partial charge < -0.3 is 56.4 Å². The number of benzene rings is 8. The van der Waals surface area contributed by atoms with Gasteiger partial charge in [0.25, 0.3) is 11.4 Å². The zero-order chi connectivity index (χ0) is 99.0. The molecule has 12 fully saturated rings. The number of ether oxygens (including phenoxy) is 4. The Bertz CT molecular complexity index is 7470. The van der Waals surface area contributed by atoms with Gasteiger partial charge in [-0.3, -0.25) is 44.5 Å². The number of carbonyl (C=O) groups excluding carboxylic acids is 2. The first-order chi connectivity index (χ1) is 68.5. The smallest absolute Gasteiger partial charge is 0.327 e. The van der Waals surface area contributed by atoms with E-state index < -0.39 is 39.1 Å². The maximum Gasteiger partial charge on any atom is 0.327 e. The number of carbonyl (C=O) groups is 3. The van der Waals surface area contributed by atoms with Gasteiger partial charge in [0.1, 0.15) is 72.9 Å². The average molecular weight is 2000 g/mol.